The van der Waals surface area contributed by atoms with Crippen LogP contribution < -0.4 is 5.32 Å². The quantitative estimate of drug-likeness (QED) is 0.591. The molecule has 128 valence electrons. The van der Waals surface area contributed by atoms with E-state index in [1.807, 2.05) is 0 Å². The SMILES string of the molecule is O=C1C=C2C(C#CCC3CCCC3)=CC3CC2(CCCCCN3)O1. The molecule has 1 spiro atoms. The molecule has 24 heavy (non-hydrogen) atoms. The fourth-order valence-electron chi connectivity index (χ4n) is 4.74. The van der Waals surface area contributed by atoms with Gasteiger partial charge in [0.2, 0.25) is 0 Å². The van der Waals surface area contributed by atoms with Gasteiger partial charge in [0.25, 0.3) is 0 Å². The van der Waals surface area contributed by atoms with Gasteiger partial charge in [0.05, 0.1) is 0 Å². The highest BCUT2D eigenvalue weighted by atomic mass is 16.6. The Bertz CT molecular complexity index is 630. The van der Waals surface area contributed by atoms with Gasteiger partial charge in [0.1, 0.15) is 5.60 Å². The molecule has 2 heterocycles. The average Bonchev–Trinajstić information content (AvgIpc) is 3.18. The van der Waals surface area contributed by atoms with Crippen LogP contribution in [0, 0.1) is 17.8 Å². The summed E-state index contributed by atoms with van der Waals surface area (Å²) in [7, 11) is 0. The van der Waals surface area contributed by atoms with E-state index in [1.165, 1.54) is 38.5 Å². The molecule has 1 saturated carbocycles. The lowest BCUT2D eigenvalue weighted by Crippen LogP contribution is -2.44. The van der Waals surface area contributed by atoms with Crippen molar-refractivity contribution in [3.05, 3.63) is 23.3 Å². The zero-order valence-electron chi connectivity index (χ0n) is 14.4. The van der Waals surface area contributed by atoms with Crippen LogP contribution in [0.2, 0.25) is 0 Å². The molecule has 2 bridgehead atoms. The Morgan fingerprint density at radius 2 is 2.08 bits per heavy atom. The Morgan fingerprint density at radius 3 is 2.96 bits per heavy atom. The largest absolute Gasteiger partial charge is 0.451 e. The number of fused-ring (bicyclic) bond motifs is 1. The second-order valence-electron chi connectivity index (χ2n) is 7.79. The third-order valence-corrected chi connectivity index (χ3v) is 6.01. The summed E-state index contributed by atoms with van der Waals surface area (Å²) in [4.78, 5) is 12.0. The van der Waals surface area contributed by atoms with E-state index in [-0.39, 0.29) is 12.0 Å². The molecule has 2 aliphatic carbocycles. The summed E-state index contributed by atoms with van der Waals surface area (Å²) >= 11 is 0. The molecule has 0 amide bonds. The lowest BCUT2D eigenvalue weighted by molar-refractivity contribution is -0.147. The summed E-state index contributed by atoms with van der Waals surface area (Å²) in [6.45, 7) is 1.03. The standard InChI is InChI=1S/C21H27NO2/c23-20-14-19-17(10-6-9-16-7-2-3-8-16)13-18-15-21(19,24-20)11-4-1-5-12-22-18/h13-14,16,18,22H,1-5,7-9,11-12,15H2. The van der Waals surface area contributed by atoms with Crippen LogP contribution in [0.4, 0.5) is 0 Å². The first-order valence-electron chi connectivity index (χ1n) is 9.65. The number of esters is 1. The fraction of sp³-hybridized carbons (Fsp3) is 0.667. The number of hydrogen-bond donors (Lipinski definition) is 1. The van der Waals surface area contributed by atoms with Crippen molar-refractivity contribution in [2.45, 2.75) is 75.9 Å². The van der Waals surface area contributed by atoms with Crippen molar-refractivity contribution < 1.29 is 9.53 Å². The van der Waals surface area contributed by atoms with E-state index in [9.17, 15) is 4.79 Å². The molecular formula is C21H27NO2. The monoisotopic (exact) mass is 325 g/mol. The van der Waals surface area contributed by atoms with Crippen molar-refractivity contribution in [2.75, 3.05) is 6.54 Å². The fourth-order valence-corrected chi connectivity index (χ4v) is 4.74. The number of nitrogens with one attached hydrogen (secondary N) is 1. The zero-order chi connectivity index (χ0) is 16.4. The van der Waals surface area contributed by atoms with E-state index in [0.717, 1.165) is 49.3 Å². The maximum absolute atomic E-state index is 12.0. The Morgan fingerprint density at radius 1 is 1.21 bits per heavy atom. The number of carbonyl (C=O) groups is 1. The number of hydrogen-bond acceptors (Lipinski definition) is 3. The lowest BCUT2D eigenvalue weighted by atomic mass is 9.75. The van der Waals surface area contributed by atoms with Crippen LogP contribution in [0.25, 0.3) is 0 Å². The van der Waals surface area contributed by atoms with Gasteiger partial charge in [-0.1, -0.05) is 37.2 Å². The van der Waals surface area contributed by atoms with Crippen molar-refractivity contribution in [3.8, 4) is 11.8 Å². The molecule has 4 rings (SSSR count). The van der Waals surface area contributed by atoms with Gasteiger partial charge in [-0.25, -0.2) is 4.79 Å². The normalized spacial score (nSPS) is 33.2. The maximum atomic E-state index is 12.0. The maximum Gasteiger partial charge on any atom is 0.332 e. The van der Waals surface area contributed by atoms with Crippen molar-refractivity contribution in [3.63, 3.8) is 0 Å². The number of ether oxygens (including phenoxy) is 1. The van der Waals surface area contributed by atoms with Gasteiger partial charge in [0.15, 0.2) is 0 Å². The van der Waals surface area contributed by atoms with Crippen LogP contribution >= 0.6 is 0 Å². The Kier molecular flexibility index (Phi) is 4.50. The smallest absolute Gasteiger partial charge is 0.332 e. The zero-order valence-corrected chi connectivity index (χ0v) is 14.4. The lowest BCUT2D eigenvalue weighted by Gasteiger charge is -2.37. The van der Waals surface area contributed by atoms with Gasteiger partial charge < -0.3 is 10.1 Å². The number of rotatable bonds is 1. The summed E-state index contributed by atoms with van der Waals surface area (Å²) in [5.41, 5.74) is 1.65. The molecule has 2 aliphatic heterocycles. The molecule has 0 aromatic heterocycles. The van der Waals surface area contributed by atoms with Crippen LogP contribution in [0.3, 0.4) is 0 Å². The van der Waals surface area contributed by atoms with Crippen LogP contribution in [-0.2, 0) is 9.53 Å². The molecule has 1 N–H and O–H groups in total. The third-order valence-electron chi connectivity index (χ3n) is 6.01. The molecular weight excluding hydrogens is 298 g/mol. The summed E-state index contributed by atoms with van der Waals surface area (Å²) < 4.78 is 5.84. The number of carbonyl (C=O) groups excluding carboxylic acids is 1. The first kappa shape index (κ1) is 16.0. The van der Waals surface area contributed by atoms with Gasteiger partial charge in [-0.3, -0.25) is 0 Å². The first-order valence-corrected chi connectivity index (χ1v) is 9.65. The molecule has 0 aromatic rings. The molecule has 2 atom stereocenters. The topological polar surface area (TPSA) is 38.3 Å². The predicted molar refractivity (Wildman–Crippen MR) is 94.2 cm³/mol. The second kappa shape index (κ2) is 6.76. The molecule has 3 heteroatoms. The highest BCUT2D eigenvalue weighted by molar-refractivity contribution is 5.89. The minimum atomic E-state index is -0.425. The molecule has 1 saturated heterocycles. The van der Waals surface area contributed by atoms with E-state index in [1.54, 1.807) is 6.08 Å². The van der Waals surface area contributed by atoms with E-state index >= 15 is 0 Å². The van der Waals surface area contributed by atoms with Crippen LogP contribution in [0.5, 0.6) is 0 Å². The van der Waals surface area contributed by atoms with Crippen molar-refractivity contribution in [2.24, 2.45) is 5.92 Å². The Labute approximate surface area is 144 Å². The second-order valence-corrected chi connectivity index (χ2v) is 7.79. The van der Waals surface area contributed by atoms with E-state index in [4.69, 9.17) is 4.74 Å². The summed E-state index contributed by atoms with van der Waals surface area (Å²) in [5, 5.41) is 3.61. The third kappa shape index (κ3) is 3.17. The van der Waals surface area contributed by atoms with Crippen LogP contribution in [-0.4, -0.2) is 24.2 Å². The summed E-state index contributed by atoms with van der Waals surface area (Å²) in [6.07, 6.45) is 15.6. The van der Waals surface area contributed by atoms with Crippen molar-refractivity contribution >= 4 is 5.97 Å². The van der Waals surface area contributed by atoms with Gasteiger partial charge in [-0.15, -0.1) is 0 Å². The molecule has 2 unspecified atom stereocenters. The van der Waals surface area contributed by atoms with Gasteiger partial charge >= 0.3 is 5.97 Å². The molecule has 3 nitrogen and oxygen atoms in total. The van der Waals surface area contributed by atoms with Crippen molar-refractivity contribution in [1.29, 1.82) is 0 Å². The minimum absolute atomic E-state index is 0.187. The summed E-state index contributed by atoms with van der Waals surface area (Å²) in [6, 6.07) is 0.266. The first-order chi connectivity index (χ1) is 11.8. The van der Waals surface area contributed by atoms with E-state index in [2.05, 4.69) is 23.2 Å². The molecule has 0 aromatic carbocycles. The molecule has 4 aliphatic rings. The van der Waals surface area contributed by atoms with Gasteiger partial charge in [-0.05, 0) is 44.6 Å². The highest BCUT2D eigenvalue weighted by Gasteiger charge is 2.47. The highest BCUT2D eigenvalue weighted by Crippen LogP contribution is 2.44. The molecule has 2 fully saturated rings. The molecule has 0 radical (unpaired) electrons. The van der Waals surface area contributed by atoms with Crippen molar-refractivity contribution in [1.82, 2.24) is 5.32 Å². The van der Waals surface area contributed by atoms with Gasteiger partial charge in [0, 0.05) is 36.1 Å². The van der Waals surface area contributed by atoms with E-state index < -0.39 is 5.60 Å². The predicted octanol–water partition coefficient (Wildman–Crippen LogP) is 3.65. The van der Waals surface area contributed by atoms with Crippen LogP contribution in [0.1, 0.15) is 64.2 Å². The van der Waals surface area contributed by atoms with Crippen LogP contribution in [0.15, 0.2) is 23.3 Å². The average molecular weight is 325 g/mol. The summed E-state index contributed by atoms with van der Waals surface area (Å²) in [5.74, 6) is 7.40. The Hall–Kier alpha value is -1.53. The minimum Gasteiger partial charge on any atom is -0.451 e. The van der Waals surface area contributed by atoms with Gasteiger partial charge in [-0.2, -0.15) is 0 Å². The van der Waals surface area contributed by atoms with E-state index in [0.29, 0.717) is 0 Å². The Balaban J connectivity index is 1.60.